The quantitative estimate of drug-likeness (QED) is 0.391. The summed E-state index contributed by atoms with van der Waals surface area (Å²) >= 11 is 11.1. The fourth-order valence-electron chi connectivity index (χ4n) is 2.44. The van der Waals surface area contributed by atoms with Gasteiger partial charge in [0.15, 0.2) is 0 Å². The van der Waals surface area contributed by atoms with Crippen LogP contribution in [0.2, 0.25) is 0 Å². The summed E-state index contributed by atoms with van der Waals surface area (Å²) in [6.45, 7) is 2.03. The SMILES string of the molecule is Cc1ccc(C(=S)c2cc(CC(=O)Cl)cc3ccoc23)cc1. The van der Waals surface area contributed by atoms with E-state index < -0.39 is 5.24 Å². The zero-order valence-corrected chi connectivity index (χ0v) is 13.5. The number of hydrogen-bond acceptors (Lipinski definition) is 3. The van der Waals surface area contributed by atoms with E-state index in [2.05, 4.69) is 0 Å². The standard InChI is InChI=1S/C18H13ClO2S/c1-11-2-4-13(5-3-11)18(22)15-9-12(10-16(19)20)8-14-6-7-21-17(14)15/h2-9H,10H2,1H3. The fraction of sp³-hybridized carbons (Fsp3) is 0.111. The molecule has 110 valence electrons. The summed E-state index contributed by atoms with van der Waals surface area (Å²) < 4.78 is 5.57. The van der Waals surface area contributed by atoms with Gasteiger partial charge in [0, 0.05) is 17.4 Å². The van der Waals surface area contributed by atoms with Crippen LogP contribution in [-0.4, -0.2) is 10.1 Å². The van der Waals surface area contributed by atoms with Crippen molar-refractivity contribution in [1.82, 2.24) is 0 Å². The van der Waals surface area contributed by atoms with Crippen molar-refractivity contribution in [3.8, 4) is 0 Å². The first-order valence-electron chi connectivity index (χ1n) is 6.84. The molecule has 0 fully saturated rings. The Morgan fingerprint density at radius 2 is 1.91 bits per heavy atom. The van der Waals surface area contributed by atoms with Gasteiger partial charge < -0.3 is 4.42 Å². The number of rotatable bonds is 4. The smallest absolute Gasteiger partial charge is 0.226 e. The monoisotopic (exact) mass is 328 g/mol. The lowest BCUT2D eigenvalue weighted by molar-refractivity contribution is -0.111. The molecule has 0 N–H and O–H groups in total. The lowest BCUT2D eigenvalue weighted by Gasteiger charge is -2.08. The van der Waals surface area contributed by atoms with Crippen LogP contribution in [0.25, 0.3) is 11.0 Å². The predicted molar refractivity (Wildman–Crippen MR) is 92.8 cm³/mol. The van der Waals surface area contributed by atoms with Crippen LogP contribution in [0.4, 0.5) is 0 Å². The molecular formula is C18H13ClO2S. The van der Waals surface area contributed by atoms with Gasteiger partial charge >= 0.3 is 0 Å². The van der Waals surface area contributed by atoms with Crippen molar-refractivity contribution in [2.45, 2.75) is 13.3 Å². The summed E-state index contributed by atoms with van der Waals surface area (Å²) in [5, 5.41) is 0.523. The van der Waals surface area contributed by atoms with Crippen LogP contribution >= 0.6 is 23.8 Å². The molecule has 1 aromatic heterocycles. The first-order valence-corrected chi connectivity index (χ1v) is 7.63. The first-order chi connectivity index (χ1) is 10.5. The molecule has 0 aliphatic rings. The zero-order chi connectivity index (χ0) is 15.7. The summed E-state index contributed by atoms with van der Waals surface area (Å²) in [4.78, 5) is 11.9. The third-order valence-electron chi connectivity index (χ3n) is 3.51. The highest BCUT2D eigenvalue weighted by atomic mass is 35.5. The molecule has 0 unspecified atom stereocenters. The van der Waals surface area contributed by atoms with Gasteiger partial charge in [0.2, 0.25) is 5.24 Å². The van der Waals surface area contributed by atoms with Crippen LogP contribution in [0.5, 0.6) is 0 Å². The molecule has 0 aliphatic carbocycles. The molecule has 0 atom stereocenters. The number of furan rings is 1. The molecule has 3 aromatic rings. The minimum Gasteiger partial charge on any atom is -0.464 e. The topological polar surface area (TPSA) is 30.2 Å². The summed E-state index contributed by atoms with van der Waals surface area (Å²) in [5.74, 6) is 0. The van der Waals surface area contributed by atoms with Crippen LogP contribution in [0.15, 0.2) is 53.1 Å². The average molecular weight is 329 g/mol. The van der Waals surface area contributed by atoms with Gasteiger partial charge in [-0.3, -0.25) is 4.79 Å². The molecule has 0 bridgehead atoms. The number of carbonyl (C=O) groups excluding carboxylic acids is 1. The number of aryl methyl sites for hydroxylation is 1. The lowest BCUT2D eigenvalue weighted by Crippen LogP contribution is -2.03. The van der Waals surface area contributed by atoms with Crippen LogP contribution in [-0.2, 0) is 11.2 Å². The molecular weight excluding hydrogens is 316 g/mol. The van der Waals surface area contributed by atoms with Gasteiger partial charge in [0.1, 0.15) is 5.58 Å². The Hall–Kier alpha value is -1.97. The lowest BCUT2D eigenvalue weighted by atomic mass is 9.98. The van der Waals surface area contributed by atoms with E-state index in [0.29, 0.717) is 4.86 Å². The number of halogens is 1. The molecule has 0 amide bonds. The van der Waals surface area contributed by atoms with Crippen molar-refractivity contribution < 1.29 is 9.21 Å². The Labute approximate surface area is 138 Å². The van der Waals surface area contributed by atoms with E-state index in [9.17, 15) is 4.79 Å². The maximum absolute atomic E-state index is 11.2. The Kier molecular flexibility index (Phi) is 4.10. The third kappa shape index (κ3) is 2.96. The van der Waals surface area contributed by atoms with Gasteiger partial charge in [-0.05, 0) is 47.9 Å². The van der Waals surface area contributed by atoms with E-state index in [0.717, 1.165) is 27.7 Å². The minimum atomic E-state index is -0.393. The van der Waals surface area contributed by atoms with E-state index >= 15 is 0 Å². The van der Waals surface area contributed by atoms with Crippen molar-refractivity contribution in [1.29, 1.82) is 0 Å². The van der Waals surface area contributed by atoms with E-state index in [1.165, 1.54) is 5.56 Å². The Morgan fingerprint density at radius 1 is 1.18 bits per heavy atom. The van der Waals surface area contributed by atoms with Gasteiger partial charge in [-0.2, -0.15) is 0 Å². The van der Waals surface area contributed by atoms with E-state index in [1.807, 2.05) is 49.4 Å². The molecule has 3 rings (SSSR count). The van der Waals surface area contributed by atoms with Crippen LogP contribution in [0, 0.1) is 6.92 Å². The number of hydrogen-bond donors (Lipinski definition) is 0. The van der Waals surface area contributed by atoms with Gasteiger partial charge in [-0.1, -0.05) is 42.0 Å². The summed E-state index contributed by atoms with van der Waals surface area (Å²) in [5.41, 5.74) is 4.51. The first kappa shape index (κ1) is 14.9. The minimum absolute atomic E-state index is 0.173. The second-order valence-electron chi connectivity index (χ2n) is 5.21. The number of fused-ring (bicyclic) bond motifs is 1. The zero-order valence-electron chi connectivity index (χ0n) is 11.9. The van der Waals surface area contributed by atoms with E-state index in [1.54, 1.807) is 6.26 Å². The summed E-state index contributed by atoms with van der Waals surface area (Å²) in [6, 6.07) is 13.7. The van der Waals surface area contributed by atoms with Gasteiger partial charge in [0.05, 0.1) is 11.1 Å². The number of thiocarbonyl (C=S) groups is 1. The highest BCUT2D eigenvalue weighted by molar-refractivity contribution is 7.81. The molecule has 22 heavy (non-hydrogen) atoms. The van der Waals surface area contributed by atoms with Gasteiger partial charge in [0.25, 0.3) is 0 Å². The van der Waals surface area contributed by atoms with Crippen molar-refractivity contribution in [2.24, 2.45) is 0 Å². The third-order valence-corrected chi connectivity index (χ3v) is 4.10. The van der Waals surface area contributed by atoms with Gasteiger partial charge in [-0.25, -0.2) is 0 Å². The Morgan fingerprint density at radius 3 is 2.59 bits per heavy atom. The largest absolute Gasteiger partial charge is 0.464 e. The molecule has 1 heterocycles. The fourth-order valence-corrected chi connectivity index (χ4v) is 2.88. The maximum atomic E-state index is 11.2. The second kappa shape index (κ2) is 6.03. The number of benzene rings is 2. The molecule has 4 heteroatoms. The van der Waals surface area contributed by atoms with Crippen LogP contribution < -0.4 is 0 Å². The molecule has 0 saturated heterocycles. The number of carbonyl (C=O) groups is 1. The van der Waals surface area contributed by atoms with Crippen molar-refractivity contribution >= 4 is 44.9 Å². The van der Waals surface area contributed by atoms with Gasteiger partial charge in [-0.15, -0.1) is 0 Å². The van der Waals surface area contributed by atoms with Crippen molar-refractivity contribution in [3.05, 3.63) is 71.0 Å². The van der Waals surface area contributed by atoms with E-state index in [4.69, 9.17) is 28.2 Å². The maximum Gasteiger partial charge on any atom is 0.226 e. The molecule has 2 aromatic carbocycles. The molecule has 0 radical (unpaired) electrons. The van der Waals surface area contributed by atoms with Crippen LogP contribution in [0.3, 0.4) is 0 Å². The van der Waals surface area contributed by atoms with Crippen LogP contribution in [0.1, 0.15) is 22.3 Å². The Bertz CT molecular complexity index is 862. The molecule has 0 spiro atoms. The molecule has 0 saturated carbocycles. The van der Waals surface area contributed by atoms with Crippen molar-refractivity contribution in [3.63, 3.8) is 0 Å². The van der Waals surface area contributed by atoms with E-state index in [-0.39, 0.29) is 6.42 Å². The normalized spacial score (nSPS) is 10.8. The second-order valence-corrected chi connectivity index (χ2v) is 6.04. The summed E-state index contributed by atoms with van der Waals surface area (Å²) in [6.07, 6.45) is 1.80. The molecule has 0 aliphatic heterocycles. The predicted octanol–water partition coefficient (Wildman–Crippen LogP) is 4.82. The highest BCUT2D eigenvalue weighted by Crippen LogP contribution is 2.26. The van der Waals surface area contributed by atoms with Crippen molar-refractivity contribution in [2.75, 3.05) is 0 Å². The highest BCUT2D eigenvalue weighted by Gasteiger charge is 2.14. The molecule has 2 nitrogen and oxygen atoms in total. The Balaban J connectivity index is 2.11. The average Bonchev–Trinajstić information content (AvgIpc) is 2.94. The summed E-state index contributed by atoms with van der Waals surface area (Å²) in [7, 11) is 0.